The van der Waals surface area contributed by atoms with Crippen LogP contribution in [0.2, 0.25) is 0 Å². The highest BCUT2D eigenvalue weighted by Crippen LogP contribution is 2.30. The molecule has 1 aromatic heterocycles. The fourth-order valence-corrected chi connectivity index (χ4v) is 4.34. The van der Waals surface area contributed by atoms with E-state index in [1.165, 1.54) is 46.7 Å². The minimum atomic E-state index is -0.0331. The minimum absolute atomic E-state index is 0.00237. The molecule has 1 heterocycles. The summed E-state index contributed by atoms with van der Waals surface area (Å²) in [4.78, 5) is 12.3. The van der Waals surface area contributed by atoms with Crippen molar-refractivity contribution < 1.29 is 4.79 Å². The van der Waals surface area contributed by atoms with Crippen molar-refractivity contribution in [1.29, 1.82) is 0 Å². The van der Waals surface area contributed by atoms with Gasteiger partial charge in [0, 0.05) is 6.04 Å². The lowest BCUT2D eigenvalue weighted by molar-refractivity contribution is -0.119. The van der Waals surface area contributed by atoms with Gasteiger partial charge in [0.15, 0.2) is 4.34 Å². The van der Waals surface area contributed by atoms with E-state index in [9.17, 15) is 4.79 Å². The predicted octanol–water partition coefficient (Wildman–Crippen LogP) is 4.24. The van der Waals surface area contributed by atoms with Crippen molar-refractivity contribution in [3.63, 3.8) is 0 Å². The summed E-state index contributed by atoms with van der Waals surface area (Å²) in [5.74, 6) is 0.346. The Hall–Kier alpha value is -2.12. The maximum absolute atomic E-state index is 12.3. The SMILES string of the molecule is C[C@H](NC(=O)CSc1nnc(NC2CC2)s1)c1ccc2ccccc2c1. The second kappa shape index (κ2) is 7.63. The second-order valence-electron chi connectivity index (χ2n) is 6.48. The summed E-state index contributed by atoms with van der Waals surface area (Å²) in [5, 5.41) is 17.9. The molecule has 1 fully saturated rings. The number of aromatic nitrogens is 2. The summed E-state index contributed by atoms with van der Waals surface area (Å²) >= 11 is 2.94. The number of hydrogen-bond acceptors (Lipinski definition) is 6. The number of amides is 1. The zero-order valence-electron chi connectivity index (χ0n) is 14.4. The highest BCUT2D eigenvalue weighted by molar-refractivity contribution is 8.01. The van der Waals surface area contributed by atoms with Crippen LogP contribution in [-0.2, 0) is 4.79 Å². The van der Waals surface area contributed by atoms with Gasteiger partial charge in [-0.25, -0.2) is 0 Å². The average molecular weight is 385 g/mol. The van der Waals surface area contributed by atoms with Crippen molar-refractivity contribution in [1.82, 2.24) is 15.5 Å². The van der Waals surface area contributed by atoms with Crippen LogP contribution in [0.1, 0.15) is 31.4 Å². The highest BCUT2D eigenvalue weighted by atomic mass is 32.2. The van der Waals surface area contributed by atoms with Crippen molar-refractivity contribution in [2.45, 2.75) is 36.2 Å². The molecule has 26 heavy (non-hydrogen) atoms. The Labute approximate surface area is 160 Å². The quantitative estimate of drug-likeness (QED) is 0.597. The average Bonchev–Trinajstić information content (AvgIpc) is 3.35. The number of thioether (sulfide) groups is 1. The van der Waals surface area contributed by atoms with Gasteiger partial charge in [-0.05, 0) is 42.2 Å². The summed E-state index contributed by atoms with van der Waals surface area (Å²) in [7, 11) is 0. The molecule has 134 valence electrons. The molecular formula is C19H20N4OS2. The van der Waals surface area contributed by atoms with E-state index < -0.39 is 0 Å². The van der Waals surface area contributed by atoms with Gasteiger partial charge in [0.2, 0.25) is 11.0 Å². The smallest absolute Gasteiger partial charge is 0.230 e. The number of nitrogens with zero attached hydrogens (tertiary/aromatic N) is 2. The minimum Gasteiger partial charge on any atom is -0.357 e. The van der Waals surface area contributed by atoms with E-state index in [0.717, 1.165) is 15.0 Å². The Bertz CT molecular complexity index is 923. The van der Waals surface area contributed by atoms with Gasteiger partial charge in [0.25, 0.3) is 0 Å². The number of rotatable bonds is 7. The van der Waals surface area contributed by atoms with E-state index in [-0.39, 0.29) is 11.9 Å². The molecule has 2 N–H and O–H groups in total. The van der Waals surface area contributed by atoms with Crippen LogP contribution >= 0.6 is 23.1 Å². The summed E-state index contributed by atoms with van der Waals surface area (Å²) in [6.07, 6.45) is 2.41. The summed E-state index contributed by atoms with van der Waals surface area (Å²) in [5.41, 5.74) is 1.11. The van der Waals surface area contributed by atoms with Crippen LogP contribution < -0.4 is 10.6 Å². The lowest BCUT2D eigenvalue weighted by atomic mass is 10.0. The molecule has 1 aliphatic rings. The Morgan fingerprint density at radius 1 is 1.23 bits per heavy atom. The molecule has 0 radical (unpaired) electrons. The zero-order chi connectivity index (χ0) is 17.9. The molecule has 0 aliphatic heterocycles. The number of anilines is 1. The number of carbonyl (C=O) groups excluding carboxylic acids is 1. The second-order valence-corrected chi connectivity index (χ2v) is 8.68. The fourth-order valence-electron chi connectivity index (χ4n) is 2.70. The standard InChI is InChI=1S/C19H20N4OS2/c1-12(14-7-6-13-4-2-3-5-15(13)10-14)20-17(24)11-25-19-23-22-18(26-19)21-16-8-9-16/h2-7,10,12,16H,8-9,11H2,1H3,(H,20,24)(H,21,22)/t12-/m0/s1. The molecule has 0 saturated heterocycles. The van der Waals surface area contributed by atoms with Gasteiger partial charge in [-0.2, -0.15) is 0 Å². The largest absolute Gasteiger partial charge is 0.357 e. The monoisotopic (exact) mass is 384 g/mol. The highest BCUT2D eigenvalue weighted by Gasteiger charge is 2.22. The van der Waals surface area contributed by atoms with Crippen molar-refractivity contribution >= 4 is 44.9 Å². The van der Waals surface area contributed by atoms with E-state index in [1.54, 1.807) is 0 Å². The first-order valence-electron chi connectivity index (χ1n) is 8.68. The summed E-state index contributed by atoms with van der Waals surface area (Å²) < 4.78 is 0.821. The molecule has 1 aliphatic carbocycles. The number of fused-ring (bicyclic) bond motifs is 1. The maximum atomic E-state index is 12.3. The van der Waals surface area contributed by atoms with Crippen molar-refractivity contribution in [3.8, 4) is 0 Å². The van der Waals surface area contributed by atoms with Crippen molar-refractivity contribution in [2.24, 2.45) is 0 Å². The molecule has 0 unspecified atom stereocenters. The number of hydrogen-bond donors (Lipinski definition) is 2. The zero-order valence-corrected chi connectivity index (χ0v) is 16.1. The summed E-state index contributed by atoms with van der Waals surface area (Å²) in [6, 6.07) is 15.1. The third-order valence-corrected chi connectivity index (χ3v) is 6.28. The molecular weight excluding hydrogens is 364 g/mol. The van der Waals surface area contributed by atoms with Gasteiger partial charge in [-0.1, -0.05) is 59.5 Å². The van der Waals surface area contributed by atoms with Crippen LogP contribution in [0.5, 0.6) is 0 Å². The molecule has 7 heteroatoms. The van der Waals surface area contributed by atoms with Crippen molar-refractivity contribution in [3.05, 3.63) is 48.0 Å². The van der Waals surface area contributed by atoms with Crippen molar-refractivity contribution in [2.75, 3.05) is 11.1 Å². The van der Waals surface area contributed by atoms with E-state index in [0.29, 0.717) is 11.8 Å². The Morgan fingerprint density at radius 2 is 2.04 bits per heavy atom. The van der Waals surface area contributed by atoms with Gasteiger partial charge in [0.1, 0.15) is 0 Å². The molecule has 0 bridgehead atoms. The Morgan fingerprint density at radius 3 is 2.85 bits per heavy atom. The van der Waals surface area contributed by atoms with E-state index in [1.807, 2.05) is 19.1 Å². The van der Waals surface area contributed by atoms with Crippen LogP contribution in [0.4, 0.5) is 5.13 Å². The predicted molar refractivity (Wildman–Crippen MR) is 108 cm³/mol. The lowest BCUT2D eigenvalue weighted by Gasteiger charge is -2.14. The molecule has 1 atom stereocenters. The van der Waals surface area contributed by atoms with E-state index in [4.69, 9.17) is 0 Å². The molecule has 1 saturated carbocycles. The van der Waals surface area contributed by atoms with Gasteiger partial charge >= 0.3 is 0 Å². The first-order chi connectivity index (χ1) is 12.7. The fraction of sp³-hybridized carbons (Fsp3) is 0.316. The molecule has 5 nitrogen and oxygen atoms in total. The lowest BCUT2D eigenvalue weighted by Crippen LogP contribution is -2.28. The summed E-state index contributed by atoms with van der Waals surface area (Å²) in [6.45, 7) is 2.01. The van der Waals surface area contributed by atoms with Crippen LogP contribution in [0.25, 0.3) is 10.8 Å². The maximum Gasteiger partial charge on any atom is 0.230 e. The Kier molecular flexibility index (Phi) is 5.08. The first kappa shape index (κ1) is 17.3. The van der Waals surface area contributed by atoms with Crippen LogP contribution in [0.15, 0.2) is 46.8 Å². The topological polar surface area (TPSA) is 66.9 Å². The van der Waals surface area contributed by atoms with E-state index >= 15 is 0 Å². The first-order valence-corrected chi connectivity index (χ1v) is 10.5. The van der Waals surface area contributed by atoms with Crippen LogP contribution in [-0.4, -0.2) is 27.9 Å². The third-order valence-electron chi connectivity index (χ3n) is 4.29. The molecule has 1 amide bonds. The number of nitrogens with one attached hydrogen (secondary N) is 2. The molecule has 3 aromatic rings. The normalized spacial score (nSPS) is 15.0. The van der Waals surface area contributed by atoms with Gasteiger partial charge in [0.05, 0.1) is 11.8 Å². The van der Waals surface area contributed by atoms with Crippen LogP contribution in [0, 0.1) is 0 Å². The van der Waals surface area contributed by atoms with Crippen LogP contribution in [0.3, 0.4) is 0 Å². The number of benzene rings is 2. The third kappa shape index (κ3) is 4.34. The van der Waals surface area contributed by atoms with Gasteiger partial charge < -0.3 is 10.6 Å². The molecule has 2 aromatic carbocycles. The molecule has 4 rings (SSSR count). The van der Waals surface area contributed by atoms with Gasteiger partial charge in [-0.15, -0.1) is 10.2 Å². The Balaban J connectivity index is 1.30. The van der Waals surface area contributed by atoms with Gasteiger partial charge in [-0.3, -0.25) is 4.79 Å². The van der Waals surface area contributed by atoms with E-state index in [2.05, 4.69) is 51.2 Å². The number of carbonyl (C=O) groups is 1. The molecule has 0 spiro atoms.